The van der Waals surface area contributed by atoms with E-state index in [9.17, 15) is 14.9 Å². The van der Waals surface area contributed by atoms with Crippen LogP contribution in [0.5, 0.6) is 0 Å². The molecule has 1 aromatic carbocycles. The summed E-state index contributed by atoms with van der Waals surface area (Å²) in [6.45, 7) is 0.395. The van der Waals surface area contributed by atoms with Crippen LogP contribution >= 0.6 is 15.9 Å². The molecule has 3 N–H and O–H groups in total. The summed E-state index contributed by atoms with van der Waals surface area (Å²) in [6, 6.07) is 4.98. The van der Waals surface area contributed by atoms with Crippen molar-refractivity contribution in [1.82, 2.24) is 15.0 Å². The number of hydrazine groups is 1. The molecule has 0 spiro atoms. The minimum atomic E-state index is -0.555. The van der Waals surface area contributed by atoms with Crippen molar-refractivity contribution >= 4 is 27.7 Å². The van der Waals surface area contributed by atoms with Gasteiger partial charge in [0.15, 0.2) is 0 Å². The average Bonchev–Trinajstić information content (AvgIpc) is 2.89. The number of nitrogens with zero attached hydrogens (tertiary/aromatic N) is 3. The van der Waals surface area contributed by atoms with Crippen molar-refractivity contribution in [2.75, 3.05) is 0 Å². The van der Waals surface area contributed by atoms with Crippen molar-refractivity contribution in [2.45, 2.75) is 6.54 Å². The summed E-state index contributed by atoms with van der Waals surface area (Å²) in [5, 5.41) is 10.6. The first-order valence-electron chi connectivity index (χ1n) is 5.47. The summed E-state index contributed by atoms with van der Waals surface area (Å²) in [7, 11) is 0. The topological polar surface area (TPSA) is 116 Å². The molecular weight excluding hydrogens is 330 g/mol. The highest BCUT2D eigenvalue weighted by molar-refractivity contribution is 9.10. The predicted molar refractivity (Wildman–Crippen MR) is 73.8 cm³/mol. The van der Waals surface area contributed by atoms with Gasteiger partial charge >= 0.3 is 5.82 Å². The van der Waals surface area contributed by atoms with Gasteiger partial charge in [0.05, 0.1) is 6.54 Å². The molecule has 0 radical (unpaired) electrons. The molecule has 2 aromatic rings. The molecule has 0 bridgehead atoms. The van der Waals surface area contributed by atoms with Gasteiger partial charge in [0.1, 0.15) is 6.20 Å². The van der Waals surface area contributed by atoms with Gasteiger partial charge in [-0.15, -0.1) is 0 Å². The van der Waals surface area contributed by atoms with Crippen molar-refractivity contribution in [3.05, 3.63) is 56.4 Å². The lowest BCUT2D eigenvalue weighted by Gasteiger charge is -2.06. The van der Waals surface area contributed by atoms with E-state index in [2.05, 4.69) is 20.9 Å². The molecule has 0 aliphatic heterocycles. The molecule has 9 heteroatoms. The summed E-state index contributed by atoms with van der Waals surface area (Å²) < 4.78 is 2.29. The normalized spacial score (nSPS) is 10.3. The number of nitro groups is 1. The van der Waals surface area contributed by atoms with Crippen molar-refractivity contribution < 1.29 is 9.72 Å². The maximum Gasteiger partial charge on any atom is 0.381 e. The number of rotatable bonds is 4. The Balaban J connectivity index is 2.21. The zero-order chi connectivity index (χ0) is 14.7. The van der Waals surface area contributed by atoms with Gasteiger partial charge in [-0.1, -0.05) is 22.0 Å². The summed E-state index contributed by atoms with van der Waals surface area (Å²) in [5.74, 6) is 4.45. The molecule has 2 rings (SSSR count). The Bertz CT molecular complexity index is 670. The molecule has 8 nitrogen and oxygen atoms in total. The lowest BCUT2D eigenvalue weighted by molar-refractivity contribution is -0.389. The monoisotopic (exact) mass is 339 g/mol. The lowest BCUT2D eigenvalue weighted by Crippen LogP contribution is -2.29. The first kappa shape index (κ1) is 14.2. The summed E-state index contributed by atoms with van der Waals surface area (Å²) in [4.78, 5) is 25.0. The largest absolute Gasteiger partial charge is 0.381 e. The molecule has 20 heavy (non-hydrogen) atoms. The first-order valence-corrected chi connectivity index (χ1v) is 6.26. The Labute approximate surface area is 121 Å². The van der Waals surface area contributed by atoms with E-state index in [0.717, 1.165) is 5.56 Å². The molecule has 0 saturated carbocycles. The van der Waals surface area contributed by atoms with E-state index in [1.165, 1.54) is 12.5 Å². The Morgan fingerprint density at radius 1 is 1.55 bits per heavy atom. The van der Waals surface area contributed by atoms with Gasteiger partial charge in [-0.25, -0.2) is 5.84 Å². The molecule has 1 aromatic heterocycles. The van der Waals surface area contributed by atoms with Crippen LogP contribution in [0.2, 0.25) is 0 Å². The molecular formula is C11H10BrN5O3. The minimum absolute atomic E-state index is 0.208. The van der Waals surface area contributed by atoms with Crippen molar-refractivity contribution in [3.8, 4) is 0 Å². The molecule has 104 valence electrons. The molecule has 0 aliphatic carbocycles. The number of aromatic nitrogens is 2. The van der Waals surface area contributed by atoms with E-state index in [0.29, 0.717) is 16.6 Å². The summed E-state index contributed by atoms with van der Waals surface area (Å²) >= 11 is 3.35. The molecule has 0 atom stereocenters. The number of hydrogen-bond donors (Lipinski definition) is 2. The van der Waals surface area contributed by atoms with E-state index in [1.807, 2.05) is 5.43 Å². The third kappa shape index (κ3) is 3.00. The highest BCUT2D eigenvalue weighted by Gasteiger charge is 2.12. The van der Waals surface area contributed by atoms with Crippen molar-refractivity contribution in [1.29, 1.82) is 0 Å². The van der Waals surface area contributed by atoms with Crippen LogP contribution in [-0.2, 0) is 6.54 Å². The molecule has 1 amide bonds. The van der Waals surface area contributed by atoms with Gasteiger partial charge in [0.25, 0.3) is 5.91 Å². The van der Waals surface area contributed by atoms with E-state index < -0.39 is 10.8 Å². The predicted octanol–water partition coefficient (Wildman–Crippen LogP) is 1.21. The minimum Gasteiger partial charge on any atom is -0.358 e. The van der Waals surface area contributed by atoms with Crippen LogP contribution in [-0.4, -0.2) is 20.4 Å². The number of nitrogen functional groups attached to an aromatic ring is 1. The smallest absolute Gasteiger partial charge is 0.358 e. The van der Waals surface area contributed by atoms with Crippen LogP contribution in [0.25, 0.3) is 0 Å². The van der Waals surface area contributed by atoms with Crippen LogP contribution in [0.4, 0.5) is 5.82 Å². The Hall–Kier alpha value is -2.26. The average molecular weight is 340 g/mol. The van der Waals surface area contributed by atoms with E-state index in [1.54, 1.807) is 22.8 Å². The van der Waals surface area contributed by atoms with Gasteiger partial charge < -0.3 is 14.7 Å². The molecule has 0 aliphatic rings. The van der Waals surface area contributed by atoms with Crippen LogP contribution in [0.3, 0.4) is 0 Å². The van der Waals surface area contributed by atoms with Crippen molar-refractivity contribution in [2.24, 2.45) is 5.84 Å². The number of hydrogen-bond acceptors (Lipinski definition) is 5. The number of nitrogens with two attached hydrogens (primary N) is 1. The van der Waals surface area contributed by atoms with Gasteiger partial charge in [0, 0.05) is 10.0 Å². The van der Waals surface area contributed by atoms with Crippen LogP contribution in [0.15, 0.2) is 35.2 Å². The number of nitrogens with one attached hydrogen (secondary N) is 1. The number of carbonyl (C=O) groups excluding carboxylic acids is 1. The van der Waals surface area contributed by atoms with Crippen LogP contribution in [0.1, 0.15) is 15.9 Å². The maximum absolute atomic E-state index is 11.4. The standard InChI is InChI=1S/C11H10BrN5O3/c12-9-3-7(11(18)15-13)1-2-8(9)4-16-5-10(14-6-16)17(19)20/h1-3,5-6H,4,13H2,(H,15,18). The molecule has 1 heterocycles. The molecule has 0 unspecified atom stereocenters. The molecule has 0 fully saturated rings. The Kier molecular flexibility index (Phi) is 4.11. The number of amides is 1. The van der Waals surface area contributed by atoms with E-state index in [-0.39, 0.29) is 5.82 Å². The van der Waals surface area contributed by atoms with Gasteiger partial charge in [0.2, 0.25) is 6.33 Å². The SMILES string of the molecule is NNC(=O)c1ccc(Cn2cnc([N+](=O)[O-])c2)c(Br)c1. The third-order valence-electron chi connectivity index (χ3n) is 2.61. The van der Waals surface area contributed by atoms with Gasteiger partial charge in [-0.05, 0) is 27.6 Å². The van der Waals surface area contributed by atoms with Crippen LogP contribution in [0, 0.1) is 10.1 Å². The fourth-order valence-corrected chi connectivity index (χ4v) is 2.13. The lowest BCUT2D eigenvalue weighted by atomic mass is 10.1. The summed E-state index contributed by atoms with van der Waals surface area (Å²) in [5.41, 5.74) is 3.31. The maximum atomic E-state index is 11.4. The molecule has 0 saturated heterocycles. The quantitative estimate of drug-likeness (QED) is 0.376. The van der Waals surface area contributed by atoms with Crippen LogP contribution < -0.4 is 11.3 Å². The van der Waals surface area contributed by atoms with Crippen molar-refractivity contribution in [3.63, 3.8) is 0 Å². The van der Waals surface area contributed by atoms with Gasteiger partial charge in [-0.2, -0.15) is 0 Å². The number of benzene rings is 1. The zero-order valence-electron chi connectivity index (χ0n) is 10.1. The number of carbonyl (C=O) groups is 1. The van der Waals surface area contributed by atoms with Gasteiger partial charge in [-0.3, -0.25) is 10.2 Å². The second-order valence-corrected chi connectivity index (χ2v) is 4.80. The van der Waals surface area contributed by atoms with E-state index in [4.69, 9.17) is 5.84 Å². The summed E-state index contributed by atoms with van der Waals surface area (Å²) in [6.07, 6.45) is 2.72. The first-order chi connectivity index (χ1) is 9.51. The fourth-order valence-electron chi connectivity index (χ4n) is 1.63. The second-order valence-electron chi connectivity index (χ2n) is 3.94. The Morgan fingerprint density at radius 3 is 2.85 bits per heavy atom. The Morgan fingerprint density at radius 2 is 2.30 bits per heavy atom. The number of halogens is 1. The highest BCUT2D eigenvalue weighted by Crippen LogP contribution is 2.20. The second kappa shape index (κ2) is 5.80. The fraction of sp³-hybridized carbons (Fsp3) is 0.0909. The van der Waals surface area contributed by atoms with E-state index >= 15 is 0 Å². The highest BCUT2D eigenvalue weighted by atomic mass is 79.9. The zero-order valence-corrected chi connectivity index (χ0v) is 11.7. The third-order valence-corrected chi connectivity index (χ3v) is 3.34. The number of imidazole rings is 1.